The fraction of sp³-hybridized carbons (Fsp3) is 0.389. The van der Waals surface area contributed by atoms with Crippen molar-refractivity contribution >= 4 is 38.9 Å². The lowest BCUT2D eigenvalue weighted by Gasteiger charge is -2.34. The molecule has 1 unspecified atom stereocenters. The molecular weight excluding hydrogens is 392 g/mol. The zero-order valence-electron chi connectivity index (χ0n) is 14.4. The number of hydrogen-bond donors (Lipinski definition) is 2. The van der Waals surface area contributed by atoms with Gasteiger partial charge in [0, 0.05) is 22.9 Å². The van der Waals surface area contributed by atoms with Crippen LogP contribution in [0.15, 0.2) is 40.6 Å². The van der Waals surface area contributed by atoms with Crippen LogP contribution in [0.5, 0.6) is 0 Å². The second kappa shape index (κ2) is 8.08. The Bertz CT molecular complexity index is 874. The van der Waals surface area contributed by atoms with Gasteiger partial charge in [0.05, 0.1) is 6.54 Å². The van der Waals surface area contributed by atoms with E-state index in [-0.39, 0.29) is 16.2 Å². The minimum Gasteiger partial charge on any atom is -0.351 e. The number of halogens is 1. The maximum Gasteiger partial charge on any atom is 0.250 e. The summed E-state index contributed by atoms with van der Waals surface area (Å²) in [5.74, 6) is 0.151. The highest BCUT2D eigenvalue weighted by Gasteiger charge is 2.32. The molecule has 1 aliphatic rings. The van der Waals surface area contributed by atoms with E-state index < -0.39 is 10.0 Å². The number of amides is 1. The number of carbonyl (C=O) groups is 1. The Morgan fingerprint density at radius 3 is 2.50 bits per heavy atom. The first-order chi connectivity index (χ1) is 12.3. The smallest absolute Gasteiger partial charge is 0.250 e. The first-order valence-electron chi connectivity index (χ1n) is 8.46. The molecule has 0 spiro atoms. The van der Waals surface area contributed by atoms with E-state index >= 15 is 0 Å². The highest BCUT2D eigenvalue weighted by atomic mass is 35.5. The Balaban J connectivity index is 1.79. The summed E-state index contributed by atoms with van der Waals surface area (Å²) < 4.78 is 28.9. The summed E-state index contributed by atoms with van der Waals surface area (Å²) in [5.41, 5.74) is 0.928. The van der Waals surface area contributed by atoms with E-state index in [9.17, 15) is 13.2 Å². The molecule has 1 aromatic carbocycles. The summed E-state index contributed by atoms with van der Waals surface area (Å²) >= 11 is 7.13. The number of sulfonamides is 1. The molecule has 1 heterocycles. The second-order valence-corrected chi connectivity index (χ2v) is 10.0. The Hall–Kier alpha value is -1.41. The molecule has 0 aliphatic heterocycles. The van der Waals surface area contributed by atoms with E-state index in [0.717, 1.165) is 29.7 Å². The van der Waals surface area contributed by atoms with Gasteiger partial charge in [-0.25, -0.2) is 13.1 Å². The van der Waals surface area contributed by atoms with Gasteiger partial charge in [0.25, 0.3) is 10.0 Å². The molecule has 1 amide bonds. The van der Waals surface area contributed by atoms with Gasteiger partial charge in [0.15, 0.2) is 0 Å². The highest BCUT2D eigenvalue weighted by Crippen LogP contribution is 2.39. The fourth-order valence-corrected chi connectivity index (χ4v) is 5.65. The van der Waals surface area contributed by atoms with Crippen molar-refractivity contribution in [2.45, 2.75) is 43.0 Å². The molecule has 0 bridgehead atoms. The number of thiophene rings is 1. The monoisotopic (exact) mass is 412 g/mol. The van der Waals surface area contributed by atoms with Crippen LogP contribution in [-0.2, 0) is 21.4 Å². The van der Waals surface area contributed by atoms with Crippen LogP contribution in [0.1, 0.15) is 42.7 Å². The zero-order chi connectivity index (χ0) is 18.7. The number of benzene rings is 1. The summed E-state index contributed by atoms with van der Waals surface area (Å²) in [4.78, 5) is 11.8. The van der Waals surface area contributed by atoms with Gasteiger partial charge in [0.2, 0.25) is 5.91 Å². The maximum atomic E-state index is 12.9. The van der Waals surface area contributed by atoms with Gasteiger partial charge in [-0.05, 0) is 48.6 Å². The SMILES string of the molecule is CC(=O)NCc1ccc(S(=O)(=O)NC(c2ccc(Cl)cc2)C2CCC2)s1. The molecule has 2 aromatic rings. The largest absolute Gasteiger partial charge is 0.351 e. The van der Waals surface area contributed by atoms with Crippen molar-refractivity contribution < 1.29 is 13.2 Å². The zero-order valence-corrected chi connectivity index (χ0v) is 16.8. The van der Waals surface area contributed by atoms with E-state index in [4.69, 9.17) is 11.6 Å². The lowest BCUT2D eigenvalue weighted by Crippen LogP contribution is -2.35. The third-order valence-corrected chi connectivity index (χ3v) is 7.82. The van der Waals surface area contributed by atoms with E-state index in [2.05, 4.69) is 10.0 Å². The average molecular weight is 413 g/mol. The van der Waals surface area contributed by atoms with Crippen LogP contribution in [0.2, 0.25) is 5.02 Å². The molecule has 0 saturated heterocycles. The third kappa shape index (κ3) is 4.65. The quantitative estimate of drug-likeness (QED) is 0.725. The molecule has 140 valence electrons. The van der Waals surface area contributed by atoms with E-state index in [0.29, 0.717) is 17.5 Å². The number of hydrogen-bond acceptors (Lipinski definition) is 4. The van der Waals surface area contributed by atoms with E-state index in [1.54, 1.807) is 24.3 Å². The molecule has 5 nitrogen and oxygen atoms in total. The molecular formula is C18H21ClN2O3S2. The first-order valence-corrected chi connectivity index (χ1v) is 11.1. The normalized spacial score (nSPS) is 16.1. The molecule has 1 atom stereocenters. The van der Waals surface area contributed by atoms with Gasteiger partial charge < -0.3 is 5.32 Å². The minimum atomic E-state index is -3.63. The third-order valence-electron chi connectivity index (χ3n) is 4.55. The van der Waals surface area contributed by atoms with Crippen LogP contribution in [0.25, 0.3) is 0 Å². The molecule has 26 heavy (non-hydrogen) atoms. The number of rotatable bonds is 7. The standard InChI is InChI=1S/C18H21ClN2O3S2/c1-12(22)20-11-16-9-10-17(25-16)26(23,24)21-18(13-3-2-4-13)14-5-7-15(19)8-6-14/h5-10,13,18,21H,2-4,11H2,1H3,(H,20,22). The second-order valence-electron chi connectivity index (χ2n) is 6.47. The lowest BCUT2D eigenvalue weighted by molar-refractivity contribution is -0.119. The molecule has 1 fully saturated rings. The topological polar surface area (TPSA) is 75.3 Å². The van der Waals surface area contributed by atoms with Gasteiger partial charge in [-0.15, -0.1) is 11.3 Å². The van der Waals surface area contributed by atoms with Crippen LogP contribution < -0.4 is 10.0 Å². The molecule has 1 aromatic heterocycles. The van der Waals surface area contributed by atoms with Crippen molar-refractivity contribution in [1.82, 2.24) is 10.0 Å². The average Bonchev–Trinajstić information content (AvgIpc) is 3.01. The Morgan fingerprint density at radius 2 is 1.92 bits per heavy atom. The molecule has 3 rings (SSSR count). The van der Waals surface area contributed by atoms with Crippen molar-refractivity contribution in [2.24, 2.45) is 5.92 Å². The van der Waals surface area contributed by atoms with Crippen LogP contribution >= 0.6 is 22.9 Å². The minimum absolute atomic E-state index is 0.145. The van der Waals surface area contributed by atoms with Crippen molar-refractivity contribution in [1.29, 1.82) is 0 Å². The lowest BCUT2D eigenvalue weighted by atomic mass is 9.77. The van der Waals surface area contributed by atoms with Crippen molar-refractivity contribution in [3.8, 4) is 0 Å². The molecule has 0 radical (unpaired) electrons. The van der Waals surface area contributed by atoms with Crippen molar-refractivity contribution in [2.75, 3.05) is 0 Å². The Labute approximate surface area is 162 Å². The molecule has 2 N–H and O–H groups in total. The number of carbonyl (C=O) groups excluding carboxylic acids is 1. The first kappa shape index (κ1) is 19.4. The molecule has 8 heteroatoms. The van der Waals surface area contributed by atoms with Gasteiger partial charge in [-0.2, -0.15) is 0 Å². The van der Waals surface area contributed by atoms with Crippen LogP contribution in [0.4, 0.5) is 0 Å². The summed E-state index contributed by atoms with van der Waals surface area (Å²) in [6.07, 6.45) is 3.14. The Morgan fingerprint density at radius 1 is 1.23 bits per heavy atom. The van der Waals surface area contributed by atoms with Crippen LogP contribution in [0, 0.1) is 5.92 Å². The van der Waals surface area contributed by atoms with Crippen LogP contribution in [-0.4, -0.2) is 14.3 Å². The summed E-state index contributed by atoms with van der Waals surface area (Å²) in [6.45, 7) is 1.76. The molecule has 1 aliphatic carbocycles. The number of nitrogens with one attached hydrogen (secondary N) is 2. The van der Waals surface area contributed by atoms with Crippen molar-refractivity contribution in [3.05, 3.63) is 51.9 Å². The van der Waals surface area contributed by atoms with Gasteiger partial charge in [0.1, 0.15) is 4.21 Å². The Kier molecular flexibility index (Phi) is 6.02. The summed E-state index contributed by atoms with van der Waals surface area (Å²) in [5, 5.41) is 3.31. The van der Waals surface area contributed by atoms with Crippen LogP contribution in [0.3, 0.4) is 0 Å². The summed E-state index contributed by atoms with van der Waals surface area (Å²) in [6, 6.07) is 10.4. The summed E-state index contributed by atoms with van der Waals surface area (Å²) in [7, 11) is -3.63. The van der Waals surface area contributed by atoms with Gasteiger partial charge in [-0.3, -0.25) is 4.79 Å². The van der Waals surface area contributed by atoms with E-state index in [1.165, 1.54) is 18.3 Å². The van der Waals surface area contributed by atoms with Gasteiger partial charge in [-0.1, -0.05) is 30.2 Å². The fourth-order valence-electron chi connectivity index (χ4n) is 2.91. The predicted octanol–water partition coefficient (Wildman–Crippen LogP) is 3.86. The predicted molar refractivity (Wildman–Crippen MR) is 104 cm³/mol. The highest BCUT2D eigenvalue weighted by molar-refractivity contribution is 7.91. The maximum absolute atomic E-state index is 12.9. The van der Waals surface area contributed by atoms with Crippen molar-refractivity contribution in [3.63, 3.8) is 0 Å². The molecule has 1 saturated carbocycles. The van der Waals surface area contributed by atoms with Gasteiger partial charge >= 0.3 is 0 Å². The van der Waals surface area contributed by atoms with E-state index in [1.807, 2.05) is 12.1 Å².